The average Bonchev–Trinajstić information content (AvgIpc) is 2.87. The molecule has 6 nitrogen and oxygen atoms in total. The standard InChI is InChI=1S/C30H44N2O4/c1-23(2)21-35-27-15-11-25(12-16-27)29(33)31-19-9-7-5-6-8-10-20-32-30(34)26-13-17-28(18-14-26)36-22-24(3)4/h11-18,23-24H,5-10,19-22H2,1-4H3,(H,31,33)(H,32,34). The van der Waals surface area contributed by atoms with E-state index in [0.717, 1.165) is 50.0 Å². The molecule has 0 saturated heterocycles. The van der Waals surface area contributed by atoms with E-state index in [1.165, 1.54) is 0 Å². The minimum Gasteiger partial charge on any atom is -0.493 e. The molecule has 0 aromatic heterocycles. The second-order valence-electron chi connectivity index (χ2n) is 10.1. The van der Waals surface area contributed by atoms with E-state index in [0.29, 0.717) is 49.3 Å². The summed E-state index contributed by atoms with van der Waals surface area (Å²) in [7, 11) is 0. The first-order chi connectivity index (χ1) is 17.3. The van der Waals surface area contributed by atoms with Gasteiger partial charge in [-0.25, -0.2) is 0 Å². The summed E-state index contributed by atoms with van der Waals surface area (Å²) in [6, 6.07) is 14.6. The van der Waals surface area contributed by atoms with E-state index in [1.807, 2.05) is 24.3 Å². The smallest absolute Gasteiger partial charge is 0.251 e. The molecule has 198 valence electrons. The van der Waals surface area contributed by atoms with Crippen LogP contribution in [0.3, 0.4) is 0 Å². The Labute approximate surface area is 217 Å². The van der Waals surface area contributed by atoms with Crippen LogP contribution in [-0.4, -0.2) is 38.1 Å². The quantitative estimate of drug-likeness (QED) is 0.254. The third kappa shape index (κ3) is 12.1. The number of ether oxygens (including phenoxy) is 2. The molecular formula is C30H44N2O4. The predicted molar refractivity (Wildman–Crippen MR) is 146 cm³/mol. The van der Waals surface area contributed by atoms with Crippen molar-refractivity contribution >= 4 is 11.8 Å². The number of carbonyl (C=O) groups is 2. The molecule has 0 bridgehead atoms. The second-order valence-corrected chi connectivity index (χ2v) is 10.1. The molecule has 2 aromatic rings. The number of hydrogen-bond donors (Lipinski definition) is 2. The number of amides is 2. The molecule has 0 atom stereocenters. The Kier molecular flexibility index (Phi) is 13.5. The number of rotatable bonds is 17. The van der Waals surface area contributed by atoms with Gasteiger partial charge in [0.05, 0.1) is 13.2 Å². The van der Waals surface area contributed by atoms with E-state index in [2.05, 4.69) is 38.3 Å². The maximum Gasteiger partial charge on any atom is 0.251 e. The van der Waals surface area contributed by atoms with Crippen LogP contribution in [0.4, 0.5) is 0 Å². The van der Waals surface area contributed by atoms with E-state index >= 15 is 0 Å². The molecule has 0 unspecified atom stereocenters. The third-order valence-electron chi connectivity index (χ3n) is 5.57. The largest absolute Gasteiger partial charge is 0.493 e. The first-order valence-electron chi connectivity index (χ1n) is 13.4. The molecule has 6 heteroatoms. The van der Waals surface area contributed by atoms with Crippen LogP contribution in [0.1, 0.15) is 86.9 Å². The highest BCUT2D eigenvalue weighted by molar-refractivity contribution is 5.94. The van der Waals surface area contributed by atoms with Crippen LogP contribution in [-0.2, 0) is 0 Å². The van der Waals surface area contributed by atoms with Crippen LogP contribution in [0.5, 0.6) is 11.5 Å². The summed E-state index contributed by atoms with van der Waals surface area (Å²) in [4.78, 5) is 24.5. The highest BCUT2D eigenvalue weighted by Crippen LogP contribution is 2.14. The zero-order valence-corrected chi connectivity index (χ0v) is 22.5. The van der Waals surface area contributed by atoms with E-state index in [-0.39, 0.29) is 11.8 Å². The SMILES string of the molecule is CC(C)COc1ccc(C(=O)NCCCCCCCCNC(=O)c2ccc(OCC(C)C)cc2)cc1. The topological polar surface area (TPSA) is 76.7 Å². The average molecular weight is 497 g/mol. The second kappa shape index (κ2) is 16.6. The molecule has 2 N–H and O–H groups in total. The Morgan fingerprint density at radius 1 is 0.583 bits per heavy atom. The lowest BCUT2D eigenvalue weighted by Crippen LogP contribution is -2.24. The monoisotopic (exact) mass is 496 g/mol. The van der Waals surface area contributed by atoms with E-state index in [1.54, 1.807) is 24.3 Å². The Balaban J connectivity index is 1.47. The summed E-state index contributed by atoms with van der Waals surface area (Å²) in [6.07, 6.45) is 6.36. The predicted octanol–water partition coefficient (Wildman–Crippen LogP) is 6.26. The van der Waals surface area contributed by atoms with Gasteiger partial charge in [0.15, 0.2) is 0 Å². The fourth-order valence-corrected chi connectivity index (χ4v) is 3.50. The lowest BCUT2D eigenvalue weighted by Gasteiger charge is -2.10. The van der Waals surface area contributed by atoms with Gasteiger partial charge in [-0.3, -0.25) is 9.59 Å². The van der Waals surface area contributed by atoms with Crippen molar-refractivity contribution in [2.75, 3.05) is 26.3 Å². The van der Waals surface area contributed by atoms with Crippen molar-refractivity contribution in [3.63, 3.8) is 0 Å². The molecule has 2 aromatic carbocycles. The molecule has 0 saturated carbocycles. The summed E-state index contributed by atoms with van der Waals surface area (Å²) in [5.74, 6) is 2.44. The van der Waals surface area contributed by atoms with E-state index in [4.69, 9.17) is 9.47 Å². The fraction of sp³-hybridized carbons (Fsp3) is 0.533. The van der Waals surface area contributed by atoms with Crippen LogP contribution in [0.15, 0.2) is 48.5 Å². The third-order valence-corrected chi connectivity index (χ3v) is 5.57. The molecule has 0 fully saturated rings. The van der Waals surface area contributed by atoms with Gasteiger partial charge in [0, 0.05) is 24.2 Å². The maximum absolute atomic E-state index is 12.3. The van der Waals surface area contributed by atoms with Gasteiger partial charge in [-0.1, -0.05) is 53.4 Å². The fourth-order valence-electron chi connectivity index (χ4n) is 3.50. The van der Waals surface area contributed by atoms with Gasteiger partial charge in [0.1, 0.15) is 11.5 Å². The van der Waals surface area contributed by atoms with Gasteiger partial charge >= 0.3 is 0 Å². The molecule has 0 aliphatic rings. The molecule has 0 aliphatic carbocycles. The molecule has 0 heterocycles. The van der Waals surface area contributed by atoms with Crippen molar-refractivity contribution in [3.05, 3.63) is 59.7 Å². The van der Waals surface area contributed by atoms with Crippen LogP contribution in [0.2, 0.25) is 0 Å². The van der Waals surface area contributed by atoms with Crippen LogP contribution in [0.25, 0.3) is 0 Å². The summed E-state index contributed by atoms with van der Waals surface area (Å²) in [6.45, 7) is 11.1. The zero-order valence-electron chi connectivity index (χ0n) is 22.5. The number of nitrogens with one attached hydrogen (secondary N) is 2. The van der Waals surface area contributed by atoms with Crippen molar-refractivity contribution in [2.45, 2.75) is 66.2 Å². The minimum atomic E-state index is -0.0427. The lowest BCUT2D eigenvalue weighted by molar-refractivity contribution is 0.0944. The molecule has 2 amide bonds. The summed E-state index contributed by atoms with van der Waals surface area (Å²) < 4.78 is 11.3. The Morgan fingerprint density at radius 3 is 1.25 bits per heavy atom. The molecule has 2 rings (SSSR count). The van der Waals surface area contributed by atoms with Gasteiger partial charge in [0.2, 0.25) is 0 Å². The van der Waals surface area contributed by atoms with Crippen molar-refractivity contribution in [3.8, 4) is 11.5 Å². The molecule has 0 aliphatic heterocycles. The van der Waals surface area contributed by atoms with Crippen molar-refractivity contribution in [1.29, 1.82) is 0 Å². The van der Waals surface area contributed by atoms with Gasteiger partial charge in [0.25, 0.3) is 11.8 Å². The first kappa shape index (κ1) is 29.2. The summed E-state index contributed by atoms with van der Waals surface area (Å²) in [5, 5.41) is 5.98. The molecular weight excluding hydrogens is 452 g/mol. The van der Waals surface area contributed by atoms with Crippen LogP contribution < -0.4 is 20.1 Å². The van der Waals surface area contributed by atoms with Gasteiger partial charge in [-0.2, -0.15) is 0 Å². The number of hydrogen-bond acceptors (Lipinski definition) is 4. The van der Waals surface area contributed by atoms with Gasteiger partial charge in [-0.15, -0.1) is 0 Å². The number of benzene rings is 2. The molecule has 0 radical (unpaired) electrons. The Hall–Kier alpha value is -3.02. The minimum absolute atomic E-state index is 0.0427. The zero-order chi connectivity index (χ0) is 26.2. The van der Waals surface area contributed by atoms with Crippen molar-refractivity contribution in [2.24, 2.45) is 11.8 Å². The number of carbonyl (C=O) groups excluding carboxylic acids is 2. The normalized spacial score (nSPS) is 10.9. The van der Waals surface area contributed by atoms with Gasteiger partial charge in [-0.05, 0) is 73.2 Å². The van der Waals surface area contributed by atoms with E-state index in [9.17, 15) is 9.59 Å². The first-order valence-corrected chi connectivity index (χ1v) is 13.4. The Morgan fingerprint density at radius 2 is 0.917 bits per heavy atom. The number of unbranched alkanes of at least 4 members (excludes halogenated alkanes) is 5. The van der Waals surface area contributed by atoms with Crippen molar-refractivity contribution < 1.29 is 19.1 Å². The van der Waals surface area contributed by atoms with E-state index < -0.39 is 0 Å². The van der Waals surface area contributed by atoms with Crippen LogP contribution in [0, 0.1) is 11.8 Å². The highest BCUT2D eigenvalue weighted by Gasteiger charge is 2.07. The van der Waals surface area contributed by atoms with Crippen LogP contribution >= 0.6 is 0 Å². The summed E-state index contributed by atoms with van der Waals surface area (Å²) in [5.41, 5.74) is 1.31. The van der Waals surface area contributed by atoms with Crippen molar-refractivity contribution in [1.82, 2.24) is 10.6 Å². The highest BCUT2D eigenvalue weighted by atomic mass is 16.5. The molecule has 36 heavy (non-hydrogen) atoms. The molecule has 0 spiro atoms. The lowest BCUT2D eigenvalue weighted by atomic mass is 10.1. The van der Waals surface area contributed by atoms with Gasteiger partial charge < -0.3 is 20.1 Å². The maximum atomic E-state index is 12.3. The summed E-state index contributed by atoms with van der Waals surface area (Å²) >= 11 is 0. The Bertz CT molecular complexity index is 817.